The van der Waals surface area contributed by atoms with Crippen molar-refractivity contribution in [2.45, 2.75) is 19.4 Å². The van der Waals surface area contributed by atoms with Gasteiger partial charge in [0.1, 0.15) is 5.75 Å². The summed E-state index contributed by atoms with van der Waals surface area (Å²) in [5.41, 5.74) is 2.33. The van der Waals surface area contributed by atoms with Gasteiger partial charge in [-0.2, -0.15) is 0 Å². The molecule has 0 saturated heterocycles. The highest BCUT2D eigenvalue weighted by Gasteiger charge is 2.15. The van der Waals surface area contributed by atoms with Gasteiger partial charge >= 0.3 is 0 Å². The minimum atomic E-state index is 0.197. The van der Waals surface area contributed by atoms with Crippen LogP contribution < -0.4 is 10.1 Å². The van der Waals surface area contributed by atoms with Gasteiger partial charge in [-0.1, -0.05) is 22.9 Å². The molecule has 0 radical (unpaired) electrons. The van der Waals surface area contributed by atoms with Crippen LogP contribution in [0.1, 0.15) is 24.1 Å². The van der Waals surface area contributed by atoms with Gasteiger partial charge in [0.05, 0.1) is 7.11 Å². The molecule has 0 aliphatic carbocycles. The van der Waals surface area contributed by atoms with Crippen LogP contribution in [0.3, 0.4) is 0 Å². The summed E-state index contributed by atoms with van der Waals surface area (Å²) in [6.07, 6.45) is 4.54. The standard InChI is InChI=1S/C16H18Br2N2O/c1-3-20-15(12-7-14(18)10-19-9-12)8-11-6-13(17)4-5-16(11)21-2/h4-7,9-10,15,20H,3,8H2,1-2H3. The van der Waals surface area contributed by atoms with Crippen molar-refractivity contribution in [3.63, 3.8) is 0 Å². The normalized spacial score (nSPS) is 12.2. The number of ether oxygens (including phenoxy) is 1. The second-order valence-electron chi connectivity index (χ2n) is 4.71. The maximum absolute atomic E-state index is 5.47. The minimum absolute atomic E-state index is 0.197. The van der Waals surface area contributed by atoms with Gasteiger partial charge in [-0.15, -0.1) is 0 Å². The van der Waals surface area contributed by atoms with E-state index in [1.165, 1.54) is 0 Å². The molecule has 1 heterocycles. The molecule has 1 aromatic carbocycles. The number of methoxy groups -OCH3 is 1. The van der Waals surface area contributed by atoms with Crippen molar-refractivity contribution in [3.8, 4) is 5.75 Å². The first-order valence-electron chi connectivity index (χ1n) is 6.80. The number of benzene rings is 1. The topological polar surface area (TPSA) is 34.1 Å². The fourth-order valence-electron chi connectivity index (χ4n) is 2.30. The van der Waals surface area contributed by atoms with Crippen molar-refractivity contribution in [1.29, 1.82) is 0 Å². The lowest BCUT2D eigenvalue weighted by atomic mass is 9.99. The molecule has 1 unspecified atom stereocenters. The SMILES string of the molecule is CCNC(Cc1cc(Br)ccc1OC)c1cncc(Br)c1. The monoisotopic (exact) mass is 412 g/mol. The van der Waals surface area contributed by atoms with Crippen LogP contribution in [0.25, 0.3) is 0 Å². The number of nitrogens with one attached hydrogen (secondary N) is 1. The Morgan fingerprint density at radius 2 is 2.00 bits per heavy atom. The minimum Gasteiger partial charge on any atom is -0.496 e. The Hall–Kier alpha value is -0.910. The van der Waals surface area contributed by atoms with E-state index in [-0.39, 0.29) is 6.04 Å². The number of halogens is 2. The summed E-state index contributed by atoms with van der Waals surface area (Å²) in [4.78, 5) is 4.26. The molecule has 112 valence electrons. The van der Waals surface area contributed by atoms with Crippen molar-refractivity contribution in [1.82, 2.24) is 10.3 Å². The third-order valence-corrected chi connectivity index (χ3v) is 4.17. The molecule has 0 saturated carbocycles. The fourth-order valence-corrected chi connectivity index (χ4v) is 3.09. The predicted octanol–water partition coefficient (Wildman–Crippen LogP) is 4.51. The van der Waals surface area contributed by atoms with E-state index >= 15 is 0 Å². The van der Waals surface area contributed by atoms with Gasteiger partial charge in [0.25, 0.3) is 0 Å². The van der Waals surface area contributed by atoms with Crippen LogP contribution in [0.15, 0.2) is 45.6 Å². The molecule has 0 aliphatic heterocycles. The van der Waals surface area contributed by atoms with Gasteiger partial charge in [0.2, 0.25) is 0 Å². The van der Waals surface area contributed by atoms with Crippen molar-refractivity contribution in [3.05, 3.63) is 56.7 Å². The summed E-state index contributed by atoms with van der Waals surface area (Å²) in [7, 11) is 1.70. The molecule has 1 N–H and O–H groups in total. The van der Waals surface area contributed by atoms with E-state index < -0.39 is 0 Å². The van der Waals surface area contributed by atoms with Gasteiger partial charge < -0.3 is 10.1 Å². The molecule has 2 rings (SSSR count). The second kappa shape index (κ2) is 7.92. The van der Waals surface area contributed by atoms with E-state index in [2.05, 4.69) is 61.2 Å². The van der Waals surface area contributed by atoms with Crippen molar-refractivity contribution < 1.29 is 4.74 Å². The third-order valence-electron chi connectivity index (χ3n) is 3.25. The first kappa shape index (κ1) is 16.5. The first-order chi connectivity index (χ1) is 10.1. The van der Waals surface area contributed by atoms with Crippen LogP contribution in [0.5, 0.6) is 5.75 Å². The Kier molecular flexibility index (Phi) is 6.21. The van der Waals surface area contributed by atoms with E-state index in [0.717, 1.165) is 38.8 Å². The van der Waals surface area contributed by atoms with E-state index in [4.69, 9.17) is 4.74 Å². The maximum Gasteiger partial charge on any atom is 0.122 e. The third kappa shape index (κ3) is 4.53. The number of hydrogen-bond acceptors (Lipinski definition) is 3. The van der Waals surface area contributed by atoms with Gasteiger partial charge in [-0.25, -0.2) is 0 Å². The number of pyridine rings is 1. The Labute approximate surface area is 142 Å². The van der Waals surface area contributed by atoms with Crippen LogP contribution in [0.4, 0.5) is 0 Å². The van der Waals surface area contributed by atoms with Gasteiger partial charge in [0, 0.05) is 27.4 Å². The number of nitrogens with zero attached hydrogens (tertiary/aromatic N) is 1. The smallest absolute Gasteiger partial charge is 0.122 e. The first-order valence-corrected chi connectivity index (χ1v) is 8.39. The summed E-state index contributed by atoms with van der Waals surface area (Å²) in [6.45, 7) is 3.00. The lowest BCUT2D eigenvalue weighted by Gasteiger charge is -2.20. The quantitative estimate of drug-likeness (QED) is 0.756. The van der Waals surface area contributed by atoms with Gasteiger partial charge in [-0.3, -0.25) is 4.98 Å². The summed E-state index contributed by atoms with van der Waals surface area (Å²) in [5.74, 6) is 0.907. The van der Waals surface area contributed by atoms with Gasteiger partial charge in [0.15, 0.2) is 0 Å². The molecule has 0 spiro atoms. The molecule has 1 atom stereocenters. The molecule has 0 aliphatic rings. The number of rotatable bonds is 6. The molecule has 5 heteroatoms. The number of aromatic nitrogens is 1. The zero-order valence-electron chi connectivity index (χ0n) is 12.1. The molecule has 21 heavy (non-hydrogen) atoms. The lowest BCUT2D eigenvalue weighted by molar-refractivity contribution is 0.405. The Bertz CT molecular complexity index is 605. The van der Waals surface area contributed by atoms with Crippen molar-refractivity contribution in [2.24, 2.45) is 0 Å². The average Bonchev–Trinajstić information content (AvgIpc) is 2.47. The van der Waals surface area contributed by atoms with Gasteiger partial charge in [-0.05, 0) is 64.3 Å². The largest absolute Gasteiger partial charge is 0.496 e. The number of likely N-dealkylation sites (N-methyl/N-ethyl adjacent to an activating group) is 1. The molecule has 0 fully saturated rings. The molecule has 0 amide bonds. The highest BCUT2D eigenvalue weighted by Crippen LogP contribution is 2.28. The Balaban J connectivity index is 2.30. The van der Waals surface area contributed by atoms with Crippen molar-refractivity contribution >= 4 is 31.9 Å². The highest BCUT2D eigenvalue weighted by molar-refractivity contribution is 9.10. The van der Waals surface area contributed by atoms with Crippen LogP contribution in [-0.2, 0) is 6.42 Å². The zero-order valence-corrected chi connectivity index (χ0v) is 15.2. The molecular formula is C16H18Br2N2O. The fraction of sp³-hybridized carbons (Fsp3) is 0.312. The Morgan fingerprint density at radius 3 is 2.67 bits per heavy atom. The highest BCUT2D eigenvalue weighted by atomic mass is 79.9. The lowest BCUT2D eigenvalue weighted by Crippen LogP contribution is -2.23. The van der Waals surface area contributed by atoms with Crippen LogP contribution in [0, 0.1) is 0 Å². The Morgan fingerprint density at radius 1 is 1.19 bits per heavy atom. The summed E-state index contributed by atoms with van der Waals surface area (Å²) < 4.78 is 7.51. The zero-order chi connectivity index (χ0) is 15.2. The molecule has 2 aromatic rings. The van der Waals surface area contributed by atoms with E-state index in [9.17, 15) is 0 Å². The van der Waals surface area contributed by atoms with E-state index in [1.54, 1.807) is 13.3 Å². The summed E-state index contributed by atoms with van der Waals surface area (Å²) >= 11 is 7.01. The molecular weight excluding hydrogens is 396 g/mol. The average molecular weight is 414 g/mol. The van der Waals surface area contributed by atoms with E-state index in [1.807, 2.05) is 18.3 Å². The van der Waals surface area contributed by atoms with Crippen LogP contribution in [-0.4, -0.2) is 18.6 Å². The predicted molar refractivity (Wildman–Crippen MR) is 92.8 cm³/mol. The number of hydrogen-bond donors (Lipinski definition) is 1. The second-order valence-corrected chi connectivity index (χ2v) is 6.54. The summed E-state index contributed by atoms with van der Waals surface area (Å²) in [5, 5.41) is 3.51. The maximum atomic E-state index is 5.47. The molecule has 1 aromatic heterocycles. The molecule has 3 nitrogen and oxygen atoms in total. The summed E-state index contributed by atoms with van der Waals surface area (Å²) in [6, 6.07) is 8.38. The van der Waals surface area contributed by atoms with Crippen LogP contribution in [0.2, 0.25) is 0 Å². The van der Waals surface area contributed by atoms with Crippen molar-refractivity contribution in [2.75, 3.05) is 13.7 Å². The molecule has 0 bridgehead atoms. The van der Waals surface area contributed by atoms with Crippen LogP contribution >= 0.6 is 31.9 Å². The van der Waals surface area contributed by atoms with E-state index in [0.29, 0.717) is 0 Å².